The van der Waals surface area contributed by atoms with Crippen molar-refractivity contribution in [3.63, 3.8) is 0 Å². The molecule has 5 heteroatoms. The number of ether oxygens (including phenoxy) is 2. The molecule has 100 valence electrons. The summed E-state index contributed by atoms with van der Waals surface area (Å²) in [7, 11) is 0. The molecule has 0 radical (unpaired) electrons. The van der Waals surface area contributed by atoms with Gasteiger partial charge in [-0.15, -0.1) is 0 Å². The van der Waals surface area contributed by atoms with E-state index in [-0.39, 0.29) is 18.6 Å². The lowest BCUT2D eigenvalue weighted by Gasteiger charge is -2.26. The third-order valence-corrected chi connectivity index (χ3v) is 2.98. The zero-order valence-electron chi connectivity index (χ0n) is 10.8. The van der Waals surface area contributed by atoms with Crippen molar-refractivity contribution in [1.82, 2.24) is 5.32 Å². The van der Waals surface area contributed by atoms with Crippen LogP contribution in [-0.4, -0.2) is 24.7 Å². The highest BCUT2D eigenvalue weighted by molar-refractivity contribution is 5.82. The van der Waals surface area contributed by atoms with E-state index in [4.69, 9.17) is 14.7 Å². The number of fused-ring (bicyclic) bond motifs is 1. The highest BCUT2D eigenvalue weighted by Gasteiger charge is 2.28. The van der Waals surface area contributed by atoms with Crippen molar-refractivity contribution in [2.24, 2.45) is 0 Å². The molecule has 0 spiro atoms. The number of benzene rings is 1. The summed E-state index contributed by atoms with van der Waals surface area (Å²) in [5.74, 6) is 0.981. The van der Waals surface area contributed by atoms with E-state index in [1.807, 2.05) is 19.1 Å². The predicted molar refractivity (Wildman–Crippen MR) is 68.8 cm³/mol. The van der Waals surface area contributed by atoms with E-state index >= 15 is 0 Å². The molecule has 1 aromatic rings. The molecular formula is C14H16N2O3. The third-order valence-electron chi connectivity index (χ3n) is 2.98. The van der Waals surface area contributed by atoms with Crippen LogP contribution in [0, 0.1) is 11.3 Å². The first kappa shape index (κ1) is 13.2. The molecule has 1 aliphatic rings. The number of carbonyl (C=O) groups excluding carboxylic acids is 1. The molecule has 5 nitrogen and oxygen atoms in total. The van der Waals surface area contributed by atoms with Gasteiger partial charge in [-0.2, -0.15) is 5.26 Å². The SMILES string of the molecule is CCC(CC#N)NC(=O)C1COc2ccccc2O1. The van der Waals surface area contributed by atoms with Gasteiger partial charge in [0, 0.05) is 6.04 Å². The molecule has 0 saturated heterocycles. The first-order valence-corrected chi connectivity index (χ1v) is 6.30. The van der Waals surface area contributed by atoms with Crippen LogP contribution in [0.4, 0.5) is 0 Å². The van der Waals surface area contributed by atoms with Crippen LogP contribution in [0.15, 0.2) is 24.3 Å². The van der Waals surface area contributed by atoms with Gasteiger partial charge >= 0.3 is 0 Å². The first-order valence-electron chi connectivity index (χ1n) is 6.30. The zero-order valence-corrected chi connectivity index (χ0v) is 10.8. The highest BCUT2D eigenvalue weighted by atomic mass is 16.6. The van der Waals surface area contributed by atoms with Gasteiger partial charge in [-0.05, 0) is 18.6 Å². The maximum atomic E-state index is 12.0. The van der Waals surface area contributed by atoms with Gasteiger partial charge < -0.3 is 14.8 Å². The Hall–Kier alpha value is -2.22. The molecule has 0 aromatic heterocycles. The summed E-state index contributed by atoms with van der Waals surface area (Å²) < 4.78 is 11.1. The second-order valence-corrected chi connectivity index (χ2v) is 4.34. The van der Waals surface area contributed by atoms with Gasteiger partial charge in [0.25, 0.3) is 5.91 Å². The predicted octanol–water partition coefficient (Wildman–Crippen LogP) is 1.63. The van der Waals surface area contributed by atoms with Crippen molar-refractivity contribution in [3.05, 3.63) is 24.3 Å². The Kier molecular flexibility index (Phi) is 4.24. The topological polar surface area (TPSA) is 71.4 Å². The maximum Gasteiger partial charge on any atom is 0.264 e. The second kappa shape index (κ2) is 6.10. The minimum absolute atomic E-state index is 0.140. The number of amides is 1. The van der Waals surface area contributed by atoms with Gasteiger partial charge in [0.15, 0.2) is 11.5 Å². The fourth-order valence-electron chi connectivity index (χ4n) is 1.85. The summed E-state index contributed by atoms with van der Waals surface area (Å²) >= 11 is 0. The number of carbonyl (C=O) groups is 1. The zero-order chi connectivity index (χ0) is 13.7. The fraction of sp³-hybridized carbons (Fsp3) is 0.429. The average molecular weight is 260 g/mol. The summed E-state index contributed by atoms with van der Waals surface area (Å²) in [4.78, 5) is 12.0. The first-order chi connectivity index (χ1) is 9.24. The molecule has 19 heavy (non-hydrogen) atoms. The molecule has 1 heterocycles. The van der Waals surface area contributed by atoms with Crippen LogP contribution in [0.1, 0.15) is 19.8 Å². The van der Waals surface area contributed by atoms with Gasteiger partial charge in [0.1, 0.15) is 6.61 Å². The van der Waals surface area contributed by atoms with Crippen molar-refractivity contribution in [1.29, 1.82) is 5.26 Å². The summed E-state index contributed by atoms with van der Waals surface area (Å²) in [5, 5.41) is 11.5. The Balaban J connectivity index is 1.97. The molecule has 0 aliphatic carbocycles. The standard InChI is InChI=1S/C14H16N2O3/c1-2-10(7-8-15)16-14(17)13-9-18-11-5-3-4-6-12(11)19-13/h3-6,10,13H,2,7,9H2,1H3,(H,16,17). The van der Waals surface area contributed by atoms with Gasteiger partial charge in [0.2, 0.25) is 6.10 Å². The van der Waals surface area contributed by atoms with Crippen LogP contribution in [0.2, 0.25) is 0 Å². The normalized spacial score (nSPS) is 18.2. The Morgan fingerprint density at radius 1 is 1.53 bits per heavy atom. The Morgan fingerprint density at radius 3 is 2.95 bits per heavy atom. The van der Waals surface area contributed by atoms with E-state index < -0.39 is 6.10 Å². The maximum absolute atomic E-state index is 12.0. The highest BCUT2D eigenvalue weighted by Crippen LogP contribution is 2.30. The quantitative estimate of drug-likeness (QED) is 0.893. The number of nitrogens with zero attached hydrogens (tertiary/aromatic N) is 1. The minimum Gasteiger partial charge on any atom is -0.485 e. The number of hydrogen-bond acceptors (Lipinski definition) is 4. The number of para-hydroxylation sites is 2. The van der Waals surface area contributed by atoms with Crippen LogP contribution >= 0.6 is 0 Å². The summed E-state index contributed by atoms with van der Waals surface area (Å²) in [6.07, 6.45) is 0.346. The summed E-state index contributed by atoms with van der Waals surface area (Å²) in [6.45, 7) is 2.11. The molecule has 1 aromatic carbocycles. The number of hydrogen-bond donors (Lipinski definition) is 1. The second-order valence-electron chi connectivity index (χ2n) is 4.34. The lowest BCUT2D eigenvalue weighted by Crippen LogP contribution is -2.47. The molecule has 1 N–H and O–H groups in total. The molecule has 1 aliphatic heterocycles. The third kappa shape index (κ3) is 3.16. The molecule has 2 atom stereocenters. The van der Waals surface area contributed by atoms with E-state index in [1.54, 1.807) is 12.1 Å². The molecule has 0 saturated carbocycles. The van der Waals surface area contributed by atoms with E-state index in [2.05, 4.69) is 11.4 Å². The molecule has 2 rings (SSSR count). The van der Waals surface area contributed by atoms with Crippen LogP contribution in [-0.2, 0) is 4.79 Å². The van der Waals surface area contributed by atoms with Crippen LogP contribution < -0.4 is 14.8 Å². The summed E-state index contributed by atoms with van der Waals surface area (Å²) in [6, 6.07) is 9.16. The number of nitrogens with one attached hydrogen (secondary N) is 1. The van der Waals surface area contributed by atoms with Gasteiger partial charge in [-0.1, -0.05) is 19.1 Å². The van der Waals surface area contributed by atoms with Crippen molar-refractivity contribution >= 4 is 5.91 Å². The van der Waals surface area contributed by atoms with Gasteiger partial charge in [-0.25, -0.2) is 0 Å². The van der Waals surface area contributed by atoms with Gasteiger partial charge in [-0.3, -0.25) is 4.79 Å². The number of rotatable bonds is 4. The van der Waals surface area contributed by atoms with Crippen LogP contribution in [0.3, 0.4) is 0 Å². The van der Waals surface area contributed by atoms with Crippen molar-refractivity contribution in [2.75, 3.05) is 6.61 Å². The van der Waals surface area contributed by atoms with Crippen LogP contribution in [0.5, 0.6) is 11.5 Å². The molecule has 0 bridgehead atoms. The van der Waals surface area contributed by atoms with Crippen molar-refractivity contribution < 1.29 is 14.3 Å². The Bertz CT molecular complexity index is 496. The largest absolute Gasteiger partial charge is 0.485 e. The monoisotopic (exact) mass is 260 g/mol. The molecule has 0 fully saturated rings. The number of nitriles is 1. The Labute approximate surface area is 112 Å². The van der Waals surface area contributed by atoms with E-state index in [1.165, 1.54) is 0 Å². The van der Waals surface area contributed by atoms with E-state index in [9.17, 15) is 4.79 Å². The fourth-order valence-corrected chi connectivity index (χ4v) is 1.85. The molecular weight excluding hydrogens is 244 g/mol. The average Bonchev–Trinajstić information content (AvgIpc) is 2.46. The van der Waals surface area contributed by atoms with Crippen molar-refractivity contribution in [3.8, 4) is 17.6 Å². The van der Waals surface area contributed by atoms with E-state index in [0.717, 1.165) is 0 Å². The lowest BCUT2D eigenvalue weighted by molar-refractivity contribution is -0.131. The Morgan fingerprint density at radius 2 is 2.26 bits per heavy atom. The minimum atomic E-state index is -0.664. The summed E-state index contributed by atoms with van der Waals surface area (Å²) in [5.41, 5.74) is 0. The molecule has 2 unspecified atom stereocenters. The smallest absolute Gasteiger partial charge is 0.264 e. The van der Waals surface area contributed by atoms with Gasteiger partial charge in [0.05, 0.1) is 12.5 Å². The van der Waals surface area contributed by atoms with Crippen molar-refractivity contribution in [2.45, 2.75) is 31.9 Å². The lowest BCUT2D eigenvalue weighted by atomic mass is 10.1. The molecule has 1 amide bonds. The van der Waals surface area contributed by atoms with E-state index in [0.29, 0.717) is 24.3 Å². The van der Waals surface area contributed by atoms with Crippen LogP contribution in [0.25, 0.3) is 0 Å².